The lowest BCUT2D eigenvalue weighted by atomic mass is 9.33. The first-order valence-electron chi connectivity index (χ1n) is 17.0. The SMILES string of the molecule is CC1(C)CC[C@]2(C(=O)OCc3ccccc3)CC[C@]3(C)C(=C(Br)CC4[C@@]5(C)Cc6c(N)n[nH]c6C(C)(C)C5CC[C@]43C)[C@@H]2C1. The number of nitrogens with zero attached hydrogens (tertiary/aromatic N) is 1. The van der Waals surface area contributed by atoms with Crippen LogP contribution in [0.15, 0.2) is 40.4 Å². The van der Waals surface area contributed by atoms with Crippen molar-refractivity contribution in [3.8, 4) is 0 Å². The van der Waals surface area contributed by atoms with Gasteiger partial charge in [-0.15, -0.1) is 0 Å². The highest BCUT2D eigenvalue weighted by Crippen LogP contribution is 2.77. The normalized spacial score (nSPS) is 40.1. The van der Waals surface area contributed by atoms with Gasteiger partial charge in [0.25, 0.3) is 0 Å². The van der Waals surface area contributed by atoms with Gasteiger partial charge in [0.2, 0.25) is 0 Å². The summed E-state index contributed by atoms with van der Waals surface area (Å²) in [6.07, 6.45) is 9.39. The van der Waals surface area contributed by atoms with E-state index in [9.17, 15) is 4.79 Å². The van der Waals surface area contributed by atoms with Gasteiger partial charge in [0.15, 0.2) is 0 Å². The second-order valence-corrected chi connectivity index (χ2v) is 18.4. The molecule has 0 saturated heterocycles. The van der Waals surface area contributed by atoms with Gasteiger partial charge in [-0.2, -0.15) is 5.10 Å². The third-order valence-electron chi connectivity index (χ3n) is 14.5. The zero-order chi connectivity index (χ0) is 31.5. The van der Waals surface area contributed by atoms with Crippen molar-refractivity contribution < 1.29 is 9.53 Å². The number of hydrogen-bond donors (Lipinski definition) is 2. The molecular formula is C38H52BrN3O2. The minimum Gasteiger partial charge on any atom is -0.460 e. The molecule has 5 nitrogen and oxygen atoms in total. The van der Waals surface area contributed by atoms with Crippen molar-refractivity contribution in [1.82, 2.24) is 10.2 Å². The van der Waals surface area contributed by atoms with Crippen LogP contribution >= 0.6 is 15.9 Å². The number of nitrogen functional groups attached to an aromatic ring is 1. The van der Waals surface area contributed by atoms with Crippen LogP contribution in [0.4, 0.5) is 5.82 Å². The number of H-pyrrole nitrogens is 1. The number of anilines is 1. The smallest absolute Gasteiger partial charge is 0.313 e. The number of fused-ring (bicyclic) bond motifs is 8. The number of allylic oxidation sites excluding steroid dienone is 2. The Balaban J connectivity index is 1.30. The number of hydrogen-bond acceptors (Lipinski definition) is 4. The van der Waals surface area contributed by atoms with E-state index < -0.39 is 5.41 Å². The molecule has 6 heteroatoms. The maximum absolute atomic E-state index is 14.3. The van der Waals surface area contributed by atoms with Crippen molar-refractivity contribution in [3.63, 3.8) is 0 Å². The molecule has 1 heterocycles. The van der Waals surface area contributed by atoms with Crippen LogP contribution < -0.4 is 5.73 Å². The molecule has 3 fully saturated rings. The van der Waals surface area contributed by atoms with Crippen LogP contribution in [0.3, 0.4) is 0 Å². The fourth-order valence-electron chi connectivity index (χ4n) is 12.0. The number of nitrogens with one attached hydrogen (secondary N) is 1. The number of carbonyl (C=O) groups excluding carboxylic acids is 1. The molecule has 7 rings (SSSR count). The van der Waals surface area contributed by atoms with Gasteiger partial charge in [-0.25, -0.2) is 0 Å². The minimum atomic E-state index is -0.449. The summed E-state index contributed by atoms with van der Waals surface area (Å²) in [5.74, 6) is 1.96. The molecule has 0 bridgehead atoms. The van der Waals surface area contributed by atoms with Crippen LogP contribution in [-0.2, 0) is 28.0 Å². The van der Waals surface area contributed by atoms with Crippen LogP contribution in [0.2, 0.25) is 0 Å². The Labute approximate surface area is 272 Å². The van der Waals surface area contributed by atoms with Crippen molar-refractivity contribution in [2.45, 2.75) is 118 Å². The summed E-state index contributed by atoms with van der Waals surface area (Å²) in [5.41, 5.74) is 11.6. The molecule has 0 amide bonds. The molecule has 2 unspecified atom stereocenters. The van der Waals surface area contributed by atoms with E-state index in [1.54, 1.807) is 5.57 Å². The van der Waals surface area contributed by atoms with Crippen LogP contribution in [0.5, 0.6) is 0 Å². The highest BCUT2D eigenvalue weighted by atomic mass is 79.9. The monoisotopic (exact) mass is 661 g/mol. The fourth-order valence-corrected chi connectivity index (χ4v) is 13.0. The number of aromatic nitrogens is 2. The summed E-state index contributed by atoms with van der Waals surface area (Å²) >= 11 is 4.29. The highest BCUT2D eigenvalue weighted by Gasteiger charge is 2.70. The molecule has 5 aliphatic rings. The van der Waals surface area contributed by atoms with Crippen LogP contribution in [-0.4, -0.2) is 16.2 Å². The first-order valence-corrected chi connectivity index (χ1v) is 17.8. The molecule has 44 heavy (non-hydrogen) atoms. The molecule has 7 atom stereocenters. The number of ether oxygens (including phenoxy) is 1. The third kappa shape index (κ3) is 4.00. The van der Waals surface area contributed by atoms with Gasteiger partial charge < -0.3 is 10.5 Å². The molecule has 5 aliphatic carbocycles. The maximum atomic E-state index is 14.3. The molecule has 1 aromatic carbocycles. The average Bonchev–Trinajstić information content (AvgIpc) is 3.33. The van der Waals surface area contributed by atoms with Crippen LogP contribution in [0.25, 0.3) is 0 Å². The van der Waals surface area contributed by atoms with E-state index in [0.29, 0.717) is 24.3 Å². The largest absolute Gasteiger partial charge is 0.460 e. The molecule has 0 radical (unpaired) electrons. The van der Waals surface area contributed by atoms with E-state index in [0.717, 1.165) is 50.5 Å². The number of esters is 1. The molecule has 3 saturated carbocycles. The van der Waals surface area contributed by atoms with E-state index in [-0.39, 0.29) is 39.0 Å². The lowest BCUT2D eigenvalue weighted by molar-refractivity contribution is -0.182. The highest BCUT2D eigenvalue weighted by molar-refractivity contribution is 9.11. The quantitative estimate of drug-likeness (QED) is 0.321. The van der Waals surface area contributed by atoms with E-state index in [2.05, 4.69) is 86.7 Å². The van der Waals surface area contributed by atoms with E-state index in [1.807, 2.05) is 18.2 Å². The van der Waals surface area contributed by atoms with Gasteiger partial charge in [-0.05, 0) is 113 Å². The van der Waals surface area contributed by atoms with Gasteiger partial charge in [-0.3, -0.25) is 9.89 Å². The molecule has 1 aromatic heterocycles. The number of halogens is 1. The van der Waals surface area contributed by atoms with Gasteiger partial charge in [0, 0.05) is 16.7 Å². The maximum Gasteiger partial charge on any atom is 0.313 e. The van der Waals surface area contributed by atoms with Gasteiger partial charge >= 0.3 is 5.97 Å². The average molecular weight is 663 g/mol. The Morgan fingerprint density at radius 3 is 2.43 bits per heavy atom. The molecular weight excluding hydrogens is 610 g/mol. The van der Waals surface area contributed by atoms with Crippen molar-refractivity contribution in [1.29, 1.82) is 0 Å². The summed E-state index contributed by atoms with van der Waals surface area (Å²) in [7, 11) is 0. The zero-order valence-electron chi connectivity index (χ0n) is 27.9. The second-order valence-electron chi connectivity index (χ2n) is 17.4. The summed E-state index contributed by atoms with van der Waals surface area (Å²) in [4.78, 5) is 14.3. The predicted molar refractivity (Wildman–Crippen MR) is 180 cm³/mol. The Bertz CT molecular complexity index is 1530. The molecule has 0 aliphatic heterocycles. The number of benzene rings is 1. The second kappa shape index (κ2) is 9.72. The number of aromatic amines is 1. The minimum absolute atomic E-state index is 0.0103. The van der Waals surface area contributed by atoms with Crippen LogP contribution in [0, 0.1) is 44.8 Å². The van der Waals surface area contributed by atoms with E-state index in [4.69, 9.17) is 10.5 Å². The molecule has 3 N–H and O–H groups in total. The lowest BCUT2D eigenvalue weighted by Crippen LogP contribution is -2.65. The van der Waals surface area contributed by atoms with Gasteiger partial charge in [0.05, 0.1) is 5.41 Å². The topological polar surface area (TPSA) is 81.0 Å². The van der Waals surface area contributed by atoms with Crippen LogP contribution in [0.1, 0.15) is 117 Å². The number of rotatable bonds is 3. The Kier molecular flexibility index (Phi) is 6.75. The summed E-state index contributed by atoms with van der Waals surface area (Å²) in [5, 5.41) is 7.85. The number of nitrogens with two attached hydrogens (primary N) is 1. The number of carbonyl (C=O) groups is 1. The van der Waals surface area contributed by atoms with Crippen molar-refractivity contribution in [3.05, 3.63) is 57.2 Å². The fraction of sp³-hybridized carbons (Fsp3) is 0.684. The Morgan fingerprint density at radius 2 is 1.70 bits per heavy atom. The Morgan fingerprint density at radius 1 is 1.00 bits per heavy atom. The van der Waals surface area contributed by atoms with E-state index in [1.165, 1.54) is 28.6 Å². The first kappa shape index (κ1) is 30.6. The summed E-state index contributed by atoms with van der Waals surface area (Å²) < 4.78 is 7.60. The van der Waals surface area contributed by atoms with Gasteiger partial charge in [-0.1, -0.05) is 94.7 Å². The summed E-state index contributed by atoms with van der Waals surface area (Å²) in [6.45, 7) is 17.8. The van der Waals surface area contributed by atoms with Gasteiger partial charge in [0.1, 0.15) is 12.4 Å². The van der Waals surface area contributed by atoms with Crippen molar-refractivity contribution >= 4 is 27.7 Å². The van der Waals surface area contributed by atoms with Crippen molar-refractivity contribution in [2.75, 3.05) is 5.73 Å². The molecule has 0 spiro atoms. The lowest BCUT2D eigenvalue weighted by Gasteiger charge is -2.71. The third-order valence-corrected chi connectivity index (χ3v) is 15.3. The predicted octanol–water partition coefficient (Wildman–Crippen LogP) is 9.27. The zero-order valence-corrected chi connectivity index (χ0v) is 29.5. The molecule has 238 valence electrons. The standard InChI is InChI=1S/C38H52BrN3O2/c1-33(2)15-17-38(32(43)44-22-23-11-9-8-10-12-23)18-16-37(7)29(25(38)21-33)26(39)19-28-35(5)20-24-30(41-42-31(24)40)34(3,4)27(35)13-14-36(28,37)6/h8-12,25,27-28H,13-22H2,1-7H3,(H3,40,41,42)/t25-,27?,28?,35-,36+,37+,38-/m0/s1. The first-order chi connectivity index (χ1) is 20.6. The molecule has 2 aromatic rings. The van der Waals surface area contributed by atoms with E-state index >= 15 is 0 Å². The Hall–Kier alpha value is -2.08. The summed E-state index contributed by atoms with van der Waals surface area (Å²) in [6, 6.07) is 10.2. The van der Waals surface area contributed by atoms with Crippen molar-refractivity contribution in [2.24, 2.45) is 44.8 Å².